The van der Waals surface area contributed by atoms with Gasteiger partial charge in [-0.3, -0.25) is 4.79 Å². The number of ether oxygens (including phenoxy) is 1. The summed E-state index contributed by atoms with van der Waals surface area (Å²) in [6.45, 7) is 5.56. The molecule has 0 aliphatic rings. The second-order valence-electron chi connectivity index (χ2n) is 4.97. The molecule has 0 bridgehead atoms. The maximum Gasteiger partial charge on any atom is 0.350 e. The van der Waals surface area contributed by atoms with Crippen LogP contribution in [0.15, 0.2) is 17.8 Å². The van der Waals surface area contributed by atoms with E-state index >= 15 is 0 Å². The van der Waals surface area contributed by atoms with Crippen LogP contribution in [0.5, 0.6) is 0 Å². The molecule has 2 aromatic heterocycles. The molecule has 0 aromatic carbocycles. The first-order valence-corrected chi connectivity index (χ1v) is 7.95. The maximum absolute atomic E-state index is 11.7. The minimum absolute atomic E-state index is 0.161. The zero-order valence-electron chi connectivity index (χ0n) is 13.5. The molecular formula is C16H16N4O3S. The molecule has 1 amide bonds. The van der Waals surface area contributed by atoms with Crippen molar-refractivity contribution in [3.63, 3.8) is 0 Å². The molecule has 0 aliphatic carbocycles. The Morgan fingerprint density at radius 2 is 2.21 bits per heavy atom. The number of thiophene rings is 1. The average Bonchev–Trinajstić information content (AvgIpc) is 2.87. The minimum Gasteiger partial charge on any atom is -0.462 e. The van der Waals surface area contributed by atoms with Crippen LogP contribution in [0.25, 0.3) is 10.2 Å². The van der Waals surface area contributed by atoms with Crippen molar-refractivity contribution in [2.75, 3.05) is 11.9 Å². The largest absolute Gasteiger partial charge is 0.462 e. The summed E-state index contributed by atoms with van der Waals surface area (Å²) < 4.78 is 4.80. The van der Waals surface area contributed by atoms with E-state index in [4.69, 9.17) is 15.7 Å². The molecule has 3 N–H and O–H groups in total. The Kier molecular flexibility index (Phi) is 5.16. The maximum atomic E-state index is 11.7. The van der Waals surface area contributed by atoms with Crippen LogP contribution in [0.2, 0.25) is 0 Å². The van der Waals surface area contributed by atoms with E-state index in [1.807, 2.05) is 19.9 Å². The summed E-state index contributed by atoms with van der Waals surface area (Å²) in [6, 6.07) is 3.65. The van der Waals surface area contributed by atoms with E-state index in [0.29, 0.717) is 10.5 Å². The molecular weight excluding hydrogens is 328 g/mol. The molecule has 24 heavy (non-hydrogen) atoms. The van der Waals surface area contributed by atoms with Crippen molar-refractivity contribution < 1.29 is 14.3 Å². The molecule has 124 valence electrons. The number of nitrogens with two attached hydrogens (primary N) is 1. The number of carbonyl (C=O) groups excluding carboxylic acids is 2. The normalized spacial score (nSPS) is 11.2. The topological polar surface area (TPSA) is 118 Å². The quantitative estimate of drug-likeness (QED) is 0.488. The highest BCUT2D eigenvalue weighted by molar-refractivity contribution is 7.21. The summed E-state index contributed by atoms with van der Waals surface area (Å²) in [4.78, 5) is 28.7. The number of nitrogens with one attached hydrogen (secondary N) is 1. The molecule has 0 saturated carbocycles. The molecule has 2 aromatic rings. The second-order valence-corrected chi connectivity index (χ2v) is 5.96. The Morgan fingerprint density at radius 1 is 1.50 bits per heavy atom. The fraction of sp³-hybridized carbons (Fsp3) is 0.250. The fourth-order valence-electron chi connectivity index (χ4n) is 2.24. The molecule has 0 fully saturated rings. The summed E-state index contributed by atoms with van der Waals surface area (Å²) in [5.41, 5.74) is 7.40. The molecule has 2 heterocycles. The number of nitriles is 1. The molecule has 0 unspecified atom stereocenters. The van der Waals surface area contributed by atoms with Gasteiger partial charge in [0, 0.05) is 17.3 Å². The standard InChI is InChI=1S/C16H16N4O3S/c1-4-23-16(22)10(6-17)7-19-12-11-8(2)5-9(3)20-15(11)24-13(12)14(18)21/h5,7,19H,4H2,1-3H3,(H2,18,21)/b10-7+. The van der Waals surface area contributed by atoms with Gasteiger partial charge in [-0.1, -0.05) is 0 Å². The van der Waals surface area contributed by atoms with Gasteiger partial charge in [-0.05, 0) is 32.4 Å². The van der Waals surface area contributed by atoms with Gasteiger partial charge >= 0.3 is 5.97 Å². The number of carbonyl (C=O) groups is 2. The van der Waals surface area contributed by atoms with Crippen molar-refractivity contribution in [1.82, 2.24) is 4.98 Å². The lowest BCUT2D eigenvalue weighted by Crippen LogP contribution is -2.12. The fourth-order valence-corrected chi connectivity index (χ4v) is 3.35. The van der Waals surface area contributed by atoms with E-state index in [2.05, 4.69) is 10.3 Å². The molecule has 2 rings (SSSR count). The number of aromatic nitrogens is 1. The Morgan fingerprint density at radius 3 is 2.79 bits per heavy atom. The van der Waals surface area contributed by atoms with Crippen LogP contribution in [-0.4, -0.2) is 23.5 Å². The predicted octanol–water partition coefficient (Wildman–Crippen LogP) is 2.39. The lowest BCUT2D eigenvalue weighted by molar-refractivity contribution is -0.138. The summed E-state index contributed by atoms with van der Waals surface area (Å²) in [5.74, 6) is -1.35. The lowest BCUT2D eigenvalue weighted by atomic mass is 10.1. The number of hydrogen-bond acceptors (Lipinski definition) is 7. The summed E-state index contributed by atoms with van der Waals surface area (Å²) >= 11 is 1.16. The zero-order valence-corrected chi connectivity index (χ0v) is 14.3. The van der Waals surface area contributed by atoms with Crippen molar-refractivity contribution in [2.24, 2.45) is 5.73 Å². The molecule has 8 heteroatoms. The van der Waals surface area contributed by atoms with Crippen LogP contribution >= 0.6 is 11.3 Å². The third-order valence-corrected chi connectivity index (χ3v) is 4.29. The average molecular weight is 344 g/mol. The number of anilines is 1. The van der Waals surface area contributed by atoms with E-state index in [1.54, 1.807) is 13.0 Å². The SMILES string of the molecule is CCOC(=O)/C(C#N)=C/Nc1c(C(N)=O)sc2nc(C)cc(C)c12. The number of fused-ring (bicyclic) bond motifs is 1. The second kappa shape index (κ2) is 7.10. The Bertz CT molecular complexity index is 893. The molecule has 0 spiro atoms. The van der Waals surface area contributed by atoms with Crippen LogP contribution in [0, 0.1) is 25.2 Å². The number of amides is 1. The first-order chi connectivity index (χ1) is 11.4. The first kappa shape index (κ1) is 17.4. The highest BCUT2D eigenvalue weighted by atomic mass is 32.1. The number of pyridine rings is 1. The van der Waals surface area contributed by atoms with Gasteiger partial charge in [-0.2, -0.15) is 5.26 Å². The number of aryl methyl sites for hydroxylation is 2. The van der Waals surface area contributed by atoms with Crippen LogP contribution in [-0.2, 0) is 9.53 Å². The minimum atomic E-state index is -0.738. The number of hydrogen-bond donors (Lipinski definition) is 2. The Balaban J connectivity index is 2.55. The van der Waals surface area contributed by atoms with Gasteiger partial charge < -0.3 is 15.8 Å². The summed E-state index contributed by atoms with van der Waals surface area (Å²) in [6.07, 6.45) is 1.21. The van der Waals surface area contributed by atoms with Gasteiger partial charge in [0.25, 0.3) is 5.91 Å². The van der Waals surface area contributed by atoms with Gasteiger partial charge in [-0.15, -0.1) is 11.3 Å². The summed E-state index contributed by atoms with van der Waals surface area (Å²) in [7, 11) is 0. The number of rotatable bonds is 5. The molecule has 0 aliphatic heterocycles. The van der Waals surface area contributed by atoms with Gasteiger partial charge in [0.05, 0.1) is 12.3 Å². The van der Waals surface area contributed by atoms with Gasteiger partial charge in [0.2, 0.25) is 0 Å². The van der Waals surface area contributed by atoms with Gasteiger partial charge in [-0.25, -0.2) is 9.78 Å². The lowest BCUT2D eigenvalue weighted by Gasteiger charge is -2.06. The Labute approximate surface area is 142 Å². The van der Waals surface area contributed by atoms with Gasteiger partial charge in [0.1, 0.15) is 15.8 Å². The van der Waals surface area contributed by atoms with E-state index in [9.17, 15) is 9.59 Å². The zero-order chi connectivity index (χ0) is 17.9. The Hall–Kier alpha value is -2.92. The van der Waals surface area contributed by atoms with Crippen LogP contribution in [0.1, 0.15) is 27.9 Å². The van der Waals surface area contributed by atoms with Crippen LogP contribution in [0.3, 0.4) is 0 Å². The van der Waals surface area contributed by atoms with Crippen molar-refractivity contribution >= 4 is 39.1 Å². The van der Waals surface area contributed by atoms with Crippen LogP contribution in [0.4, 0.5) is 5.69 Å². The number of esters is 1. The molecule has 0 radical (unpaired) electrons. The van der Waals surface area contributed by atoms with Gasteiger partial charge in [0.15, 0.2) is 5.57 Å². The third kappa shape index (κ3) is 3.36. The van der Waals surface area contributed by atoms with E-state index in [1.165, 1.54) is 6.20 Å². The number of primary amides is 1. The summed E-state index contributed by atoms with van der Waals surface area (Å²) in [5, 5.41) is 12.7. The third-order valence-electron chi connectivity index (χ3n) is 3.19. The molecule has 7 nitrogen and oxygen atoms in total. The highest BCUT2D eigenvalue weighted by Gasteiger charge is 2.19. The molecule has 0 atom stereocenters. The predicted molar refractivity (Wildman–Crippen MR) is 91.6 cm³/mol. The van der Waals surface area contributed by atoms with E-state index < -0.39 is 11.9 Å². The molecule has 0 saturated heterocycles. The van der Waals surface area contributed by atoms with Crippen molar-refractivity contribution in [3.05, 3.63) is 34.0 Å². The van der Waals surface area contributed by atoms with Crippen molar-refractivity contribution in [2.45, 2.75) is 20.8 Å². The van der Waals surface area contributed by atoms with E-state index in [0.717, 1.165) is 28.0 Å². The van der Waals surface area contributed by atoms with Crippen molar-refractivity contribution in [1.29, 1.82) is 5.26 Å². The highest BCUT2D eigenvalue weighted by Crippen LogP contribution is 2.37. The van der Waals surface area contributed by atoms with Crippen LogP contribution < -0.4 is 11.1 Å². The number of nitrogens with zero attached hydrogens (tertiary/aromatic N) is 2. The van der Waals surface area contributed by atoms with Crippen molar-refractivity contribution in [3.8, 4) is 6.07 Å². The van der Waals surface area contributed by atoms with E-state index in [-0.39, 0.29) is 17.1 Å². The first-order valence-electron chi connectivity index (χ1n) is 7.13. The smallest absolute Gasteiger partial charge is 0.350 e. The monoisotopic (exact) mass is 344 g/mol.